The van der Waals surface area contributed by atoms with Crippen LogP contribution in [0.5, 0.6) is 0 Å². The second kappa shape index (κ2) is 7.02. The van der Waals surface area contributed by atoms with E-state index in [1.807, 2.05) is 0 Å². The fourth-order valence-electron chi connectivity index (χ4n) is 3.37. The molecule has 11 heteroatoms. The number of halogens is 6. The lowest BCUT2D eigenvalue weighted by molar-refractivity contribution is -0.144. The van der Waals surface area contributed by atoms with E-state index < -0.39 is 34.6 Å². The zero-order valence-electron chi connectivity index (χ0n) is 15.7. The van der Waals surface area contributed by atoms with Gasteiger partial charge < -0.3 is 0 Å². The van der Waals surface area contributed by atoms with E-state index in [9.17, 15) is 26.3 Å². The van der Waals surface area contributed by atoms with Crippen LogP contribution >= 0.6 is 11.3 Å². The van der Waals surface area contributed by atoms with Gasteiger partial charge in [0, 0.05) is 5.56 Å². The van der Waals surface area contributed by atoms with Crippen LogP contribution in [0.1, 0.15) is 11.3 Å². The van der Waals surface area contributed by atoms with Gasteiger partial charge in [0.2, 0.25) is 5.13 Å². The third-order valence-corrected chi connectivity index (χ3v) is 5.76. The number of hydrogen-bond donors (Lipinski definition) is 0. The molecule has 3 heterocycles. The number of benzene rings is 2. The van der Waals surface area contributed by atoms with Crippen LogP contribution in [-0.2, 0) is 12.4 Å². The highest BCUT2D eigenvalue weighted by molar-refractivity contribution is 7.20. The summed E-state index contributed by atoms with van der Waals surface area (Å²) in [7, 11) is 0. The third kappa shape index (κ3) is 3.38. The van der Waals surface area contributed by atoms with Crippen LogP contribution in [0.25, 0.3) is 37.6 Å². The molecule has 0 unspecified atom stereocenters. The van der Waals surface area contributed by atoms with Gasteiger partial charge in [-0.3, -0.25) is 0 Å². The minimum absolute atomic E-state index is 0.0269. The Morgan fingerprint density at radius 2 is 1.47 bits per heavy atom. The Bertz CT molecular complexity index is 1420. The molecule has 32 heavy (non-hydrogen) atoms. The molecule has 0 fully saturated rings. The summed E-state index contributed by atoms with van der Waals surface area (Å²) in [6, 6.07) is 14.9. The summed E-state index contributed by atoms with van der Waals surface area (Å²) in [5.74, 6) is 0. The van der Waals surface area contributed by atoms with Gasteiger partial charge in [0.1, 0.15) is 11.4 Å². The number of thiazole rings is 1. The lowest BCUT2D eigenvalue weighted by Gasteiger charge is -2.13. The number of nitrogens with zero attached hydrogens (tertiary/aromatic N) is 4. The Hall–Kier alpha value is -3.47. The molecule has 5 rings (SSSR count). The molecule has 0 bridgehead atoms. The highest BCUT2D eigenvalue weighted by atomic mass is 32.1. The van der Waals surface area contributed by atoms with Crippen LogP contribution in [0.4, 0.5) is 26.3 Å². The van der Waals surface area contributed by atoms with E-state index in [-0.39, 0.29) is 16.9 Å². The Morgan fingerprint density at radius 1 is 0.781 bits per heavy atom. The molecule has 2 aromatic carbocycles. The van der Waals surface area contributed by atoms with E-state index in [0.29, 0.717) is 15.8 Å². The van der Waals surface area contributed by atoms with E-state index in [2.05, 4.69) is 15.1 Å². The van der Waals surface area contributed by atoms with Gasteiger partial charge in [-0.2, -0.15) is 36.1 Å². The molecule has 0 atom stereocenters. The number of alkyl halides is 6. The maximum Gasteiger partial charge on any atom is 0.433 e. The van der Waals surface area contributed by atoms with Crippen LogP contribution in [0, 0.1) is 0 Å². The average molecular weight is 464 g/mol. The van der Waals surface area contributed by atoms with E-state index in [4.69, 9.17) is 0 Å². The predicted octanol–water partition coefficient (Wildman–Crippen LogP) is 6.73. The van der Waals surface area contributed by atoms with Gasteiger partial charge in [-0.25, -0.2) is 9.97 Å². The fourth-order valence-corrected chi connectivity index (χ4v) is 4.29. The first-order chi connectivity index (χ1) is 15.1. The number of fused-ring (bicyclic) bond motifs is 2. The third-order valence-electron chi connectivity index (χ3n) is 4.74. The van der Waals surface area contributed by atoms with Crippen molar-refractivity contribution in [3.8, 4) is 16.4 Å². The minimum atomic E-state index is -5.08. The average Bonchev–Trinajstić information content (AvgIpc) is 3.33. The molecule has 5 aromatic rings. The summed E-state index contributed by atoms with van der Waals surface area (Å²) < 4.78 is 83.7. The molecule has 162 valence electrons. The van der Waals surface area contributed by atoms with Crippen LogP contribution in [-0.4, -0.2) is 19.7 Å². The van der Waals surface area contributed by atoms with Crippen molar-refractivity contribution in [2.24, 2.45) is 0 Å². The summed E-state index contributed by atoms with van der Waals surface area (Å²) in [4.78, 5) is 7.90. The van der Waals surface area contributed by atoms with Crippen molar-refractivity contribution in [1.82, 2.24) is 19.7 Å². The zero-order chi connectivity index (χ0) is 22.7. The van der Waals surface area contributed by atoms with Crippen LogP contribution < -0.4 is 0 Å². The second-order valence-corrected chi connectivity index (χ2v) is 7.85. The Morgan fingerprint density at radius 3 is 2.12 bits per heavy atom. The lowest BCUT2D eigenvalue weighted by atomic mass is 10.0. The summed E-state index contributed by atoms with van der Waals surface area (Å²) >= 11 is 1.09. The highest BCUT2D eigenvalue weighted by Gasteiger charge is 2.41. The lowest BCUT2D eigenvalue weighted by Crippen LogP contribution is -2.14. The molecule has 4 nitrogen and oxygen atoms in total. The van der Waals surface area contributed by atoms with Gasteiger partial charge >= 0.3 is 12.4 Å². The van der Waals surface area contributed by atoms with Crippen LogP contribution in [0.15, 0.2) is 60.7 Å². The number of hydrogen-bond acceptors (Lipinski definition) is 4. The quantitative estimate of drug-likeness (QED) is 0.272. The predicted molar refractivity (Wildman–Crippen MR) is 107 cm³/mol. The van der Waals surface area contributed by atoms with Gasteiger partial charge in [-0.1, -0.05) is 53.8 Å². The molecule has 0 aliphatic heterocycles. The number of aromatic nitrogens is 4. The Balaban J connectivity index is 1.92. The van der Waals surface area contributed by atoms with Crippen molar-refractivity contribution in [3.63, 3.8) is 0 Å². The number of pyridine rings is 1. The molecule has 0 aliphatic carbocycles. The van der Waals surface area contributed by atoms with E-state index in [1.165, 1.54) is 12.1 Å². The van der Waals surface area contributed by atoms with Crippen LogP contribution in [0.3, 0.4) is 0 Å². The summed E-state index contributed by atoms with van der Waals surface area (Å²) in [5.41, 5.74) is -2.96. The maximum atomic E-state index is 13.9. The van der Waals surface area contributed by atoms with Gasteiger partial charge in [-0.05, 0) is 18.2 Å². The number of rotatable bonds is 2. The SMILES string of the molecule is FC(F)(F)c1cc(C(F)(F)F)c2c(-c3ccccc3)nn(-c3nc4ccccc4s3)c2n1. The fraction of sp³-hybridized carbons (Fsp3) is 0.0952. The molecule has 0 aliphatic rings. The zero-order valence-corrected chi connectivity index (χ0v) is 16.6. The summed E-state index contributed by atoms with van der Waals surface area (Å²) in [6.07, 6.45) is -10.1. The smallest absolute Gasteiger partial charge is 0.223 e. The van der Waals surface area contributed by atoms with Crippen molar-refractivity contribution in [1.29, 1.82) is 0 Å². The molecule has 0 spiro atoms. The standard InChI is InChI=1S/C21H10F6N4S/c22-20(23,24)12-10-15(21(25,26)27)29-18-16(12)17(11-6-2-1-3-7-11)30-31(18)19-28-13-8-4-5-9-14(13)32-19/h1-10H. The normalized spacial score (nSPS) is 12.7. The molecule has 0 amide bonds. The molecule has 0 saturated carbocycles. The monoisotopic (exact) mass is 464 g/mol. The van der Waals surface area contributed by atoms with E-state index in [0.717, 1.165) is 16.0 Å². The van der Waals surface area contributed by atoms with Crippen molar-refractivity contribution in [2.45, 2.75) is 12.4 Å². The minimum Gasteiger partial charge on any atom is -0.223 e. The highest BCUT2D eigenvalue weighted by Crippen LogP contribution is 2.42. The van der Waals surface area contributed by atoms with Gasteiger partial charge in [0.05, 0.1) is 21.2 Å². The topological polar surface area (TPSA) is 43.6 Å². The molecular formula is C21H10F6N4S. The molecule has 0 N–H and O–H groups in total. The first kappa shape index (κ1) is 20.4. The Labute approximate surface area is 179 Å². The number of para-hydroxylation sites is 1. The summed E-state index contributed by atoms with van der Waals surface area (Å²) in [5, 5.41) is 3.85. The van der Waals surface area contributed by atoms with Crippen molar-refractivity contribution < 1.29 is 26.3 Å². The van der Waals surface area contributed by atoms with Crippen molar-refractivity contribution >= 4 is 32.6 Å². The molecule has 0 radical (unpaired) electrons. The maximum absolute atomic E-state index is 13.9. The summed E-state index contributed by atoms with van der Waals surface area (Å²) in [6.45, 7) is 0. The molecule has 3 aromatic heterocycles. The van der Waals surface area contributed by atoms with Gasteiger partial charge in [0.15, 0.2) is 5.65 Å². The van der Waals surface area contributed by atoms with Crippen molar-refractivity contribution in [3.05, 3.63) is 71.9 Å². The van der Waals surface area contributed by atoms with Crippen LogP contribution in [0.2, 0.25) is 0 Å². The largest absolute Gasteiger partial charge is 0.433 e. The van der Waals surface area contributed by atoms with Crippen molar-refractivity contribution in [2.75, 3.05) is 0 Å². The second-order valence-electron chi connectivity index (χ2n) is 6.84. The van der Waals surface area contributed by atoms with Gasteiger partial charge in [0.25, 0.3) is 0 Å². The first-order valence-corrected chi connectivity index (χ1v) is 9.94. The van der Waals surface area contributed by atoms with Gasteiger partial charge in [-0.15, -0.1) is 0 Å². The van der Waals surface area contributed by atoms with E-state index in [1.54, 1.807) is 42.5 Å². The Kier molecular flexibility index (Phi) is 4.48. The molecular weight excluding hydrogens is 454 g/mol. The van der Waals surface area contributed by atoms with E-state index >= 15 is 0 Å². The molecule has 0 saturated heterocycles. The first-order valence-electron chi connectivity index (χ1n) is 9.12.